The second kappa shape index (κ2) is 11.0. The van der Waals surface area contributed by atoms with E-state index in [4.69, 9.17) is 4.74 Å². The number of rotatable bonds is 7. The van der Waals surface area contributed by atoms with Gasteiger partial charge >= 0.3 is 0 Å². The van der Waals surface area contributed by atoms with Crippen molar-refractivity contribution in [3.05, 3.63) is 47.3 Å². The van der Waals surface area contributed by atoms with Crippen molar-refractivity contribution in [2.75, 3.05) is 7.05 Å². The minimum Gasteiger partial charge on any atom is -0.490 e. The standard InChI is InChI=1S/C18H27N5O.HI/c1-5-14(3)24-17-10-13(2)6-7-15(17)11-20-18(19-4)21-12-16-8-9-22-23-16;/h6-10,14H,5,11-12H2,1-4H3,(H,22,23)(H2,19,20,21);1H. The summed E-state index contributed by atoms with van der Waals surface area (Å²) in [4.78, 5) is 4.25. The first kappa shape index (κ1) is 21.3. The average molecular weight is 457 g/mol. The molecule has 0 aliphatic heterocycles. The number of benzene rings is 1. The number of aromatic amines is 1. The average Bonchev–Trinajstić information content (AvgIpc) is 3.10. The van der Waals surface area contributed by atoms with Crippen molar-refractivity contribution in [1.82, 2.24) is 20.8 Å². The fourth-order valence-corrected chi connectivity index (χ4v) is 2.18. The van der Waals surface area contributed by atoms with Crippen LogP contribution in [0.2, 0.25) is 0 Å². The molecule has 138 valence electrons. The lowest BCUT2D eigenvalue weighted by Crippen LogP contribution is -2.36. The Morgan fingerprint density at radius 2 is 2.04 bits per heavy atom. The number of nitrogens with one attached hydrogen (secondary N) is 3. The molecule has 7 heteroatoms. The fourth-order valence-electron chi connectivity index (χ4n) is 2.18. The molecule has 1 aromatic heterocycles. The molecule has 2 rings (SSSR count). The number of aromatic nitrogens is 2. The summed E-state index contributed by atoms with van der Waals surface area (Å²) in [6.07, 6.45) is 2.91. The predicted octanol–water partition coefficient (Wildman–Crippen LogP) is 3.38. The molecule has 1 atom stereocenters. The molecule has 0 aliphatic rings. The largest absolute Gasteiger partial charge is 0.490 e. The lowest BCUT2D eigenvalue weighted by molar-refractivity contribution is 0.215. The molecule has 0 bridgehead atoms. The molecule has 1 unspecified atom stereocenters. The predicted molar refractivity (Wildman–Crippen MR) is 113 cm³/mol. The van der Waals surface area contributed by atoms with E-state index in [2.05, 4.69) is 64.8 Å². The van der Waals surface area contributed by atoms with E-state index >= 15 is 0 Å². The van der Waals surface area contributed by atoms with E-state index in [-0.39, 0.29) is 30.1 Å². The molecule has 0 aliphatic carbocycles. The summed E-state index contributed by atoms with van der Waals surface area (Å²) < 4.78 is 6.05. The van der Waals surface area contributed by atoms with Crippen LogP contribution in [0.3, 0.4) is 0 Å². The van der Waals surface area contributed by atoms with Crippen LogP contribution in [0.1, 0.15) is 37.1 Å². The molecular weight excluding hydrogens is 429 g/mol. The molecule has 6 nitrogen and oxygen atoms in total. The highest BCUT2D eigenvalue weighted by atomic mass is 127. The molecule has 0 saturated carbocycles. The Bertz CT molecular complexity index is 657. The lowest BCUT2D eigenvalue weighted by atomic mass is 10.1. The molecule has 25 heavy (non-hydrogen) atoms. The van der Waals surface area contributed by atoms with Crippen LogP contribution in [0.5, 0.6) is 5.75 Å². The van der Waals surface area contributed by atoms with Crippen molar-refractivity contribution in [3.8, 4) is 5.75 Å². The number of guanidine groups is 1. The number of ether oxygens (including phenoxy) is 1. The van der Waals surface area contributed by atoms with Gasteiger partial charge in [-0.15, -0.1) is 24.0 Å². The highest BCUT2D eigenvalue weighted by molar-refractivity contribution is 14.0. The van der Waals surface area contributed by atoms with Gasteiger partial charge in [-0.3, -0.25) is 10.1 Å². The molecule has 0 fully saturated rings. The zero-order chi connectivity index (χ0) is 17.4. The van der Waals surface area contributed by atoms with Gasteiger partial charge in [0.15, 0.2) is 5.96 Å². The molecule has 0 amide bonds. The monoisotopic (exact) mass is 457 g/mol. The van der Waals surface area contributed by atoms with Crippen molar-refractivity contribution in [3.63, 3.8) is 0 Å². The quantitative estimate of drug-likeness (QED) is 0.339. The second-order valence-electron chi connectivity index (χ2n) is 5.81. The fraction of sp³-hybridized carbons (Fsp3) is 0.444. The van der Waals surface area contributed by atoms with E-state index in [1.165, 1.54) is 5.56 Å². The van der Waals surface area contributed by atoms with Crippen molar-refractivity contribution >= 4 is 29.9 Å². The Morgan fingerprint density at radius 3 is 2.68 bits per heavy atom. The number of nitrogens with zero attached hydrogens (tertiary/aromatic N) is 2. The maximum atomic E-state index is 6.05. The smallest absolute Gasteiger partial charge is 0.191 e. The molecular formula is C18H28IN5O. The van der Waals surface area contributed by atoms with E-state index in [9.17, 15) is 0 Å². The Kier molecular flexibility index (Phi) is 9.33. The first-order valence-electron chi connectivity index (χ1n) is 8.31. The second-order valence-corrected chi connectivity index (χ2v) is 5.81. The highest BCUT2D eigenvalue weighted by Crippen LogP contribution is 2.22. The summed E-state index contributed by atoms with van der Waals surface area (Å²) in [7, 11) is 1.76. The molecule has 0 spiro atoms. The highest BCUT2D eigenvalue weighted by Gasteiger charge is 2.09. The maximum Gasteiger partial charge on any atom is 0.191 e. The first-order valence-corrected chi connectivity index (χ1v) is 8.31. The van der Waals surface area contributed by atoms with Crippen LogP contribution in [0.15, 0.2) is 35.5 Å². The lowest BCUT2D eigenvalue weighted by Gasteiger charge is -2.18. The third-order valence-corrected chi connectivity index (χ3v) is 3.80. The van der Waals surface area contributed by atoms with Crippen LogP contribution >= 0.6 is 24.0 Å². The summed E-state index contributed by atoms with van der Waals surface area (Å²) in [6, 6.07) is 8.21. The van der Waals surface area contributed by atoms with Gasteiger partial charge < -0.3 is 15.4 Å². The molecule has 0 saturated heterocycles. The minimum absolute atomic E-state index is 0. The van der Waals surface area contributed by atoms with Gasteiger partial charge in [-0.05, 0) is 38.0 Å². The van der Waals surface area contributed by atoms with E-state index < -0.39 is 0 Å². The van der Waals surface area contributed by atoms with E-state index in [0.717, 1.165) is 29.4 Å². The third-order valence-electron chi connectivity index (χ3n) is 3.80. The Hall–Kier alpha value is -1.77. The Balaban J connectivity index is 0.00000312. The van der Waals surface area contributed by atoms with Gasteiger partial charge in [-0.2, -0.15) is 5.10 Å². The number of hydrogen-bond acceptors (Lipinski definition) is 3. The van der Waals surface area contributed by atoms with Gasteiger partial charge in [-0.1, -0.05) is 19.1 Å². The summed E-state index contributed by atoms with van der Waals surface area (Å²) in [5.41, 5.74) is 3.32. The van der Waals surface area contributed by atoms with Gasteiger partial charge in [0, 0.05) is 25.4 Å². The van der Waals surface area contributed by atoms with Gasteiger partial charge in [0.05, 0.1) is 18.3 Å². The van der Waals surface area contributed by atoms with Crippen molar-refractivity contribution < 1.29 is 4.74 Å². The molecule has 2 aromatic rings. The van der Waals surface area contributed by atoms with Crippen molar-refractivity contribution in [2.45, 2.75) is 46.4 Å². The van der Waals surface area contributed by atoms with Gasteiger partial charge in [0.1, 0.15) is 5.75 Å². The van der Waals surface area contributed by atoms with Crippen LogP contribution in [-0.4, -0.2) is 29.3 Å². The van der Waals surface area contributed by atoms with Crippen molar-refractivity contribution in [2.24, 2.45) is 4.99 Å². The van der Waals surface area contributed by atoms with E-state index in [1.807, 2.05) is 6.07 Å². The van der Waals surface area contributed by atoms with E-state index in [1.54, 1.807) is 13.2 Å². The summed E-state index contributed by atoms with van der Waals surface area (Å²) in [5.74, 6) is 1.67. The first-order chi connectivity index (χ1) is 11.6. The van der Waals surface area contributed by atoms with Gasteiger partial charge in [-0.25, -0.2) is 0 Å². The van der Waals surface area contributed by atoms with E-state index in [0.29, 0.717) is 13.1 Å². The summed E-state index contributed by atoms with van der Waals surface area (Å²) >= 11 is 0. The third kappa shape index (κ3) is 6.93. The molecule has 1 aromatic carbocycles. The number of aliphatic imine (C=N–C) groups is 1. The Labute approximate surface area is 166 Å². The van der Waals surface area contributed by atoms with Gasteiger partial charge in [0.2, 0.25) is 0 Å². The number of H-pyrrole nitrogens is 1. The summed E-state index contributed by atoms with van der Waals surface area (Å²) in [5, 5.41) is 13.4. The number of halogens is 1. The van der Waals surface area contributed by atoms with Crippen LogP contribution in [0.4, 0.5) is 0 Å². The Morgan fingerprint density at radius 1 is 1.28 bits per heavy atom. The topological polar surface area (TPSA) is 74.3 Å². The zero-order valence-electron chi connectivity index (χ0n) is 15.3. The van der Waals surface area contributed by atoms with Crippen LogP contribution < -0.4 is 15.4 Å². The SMILES string of the molecule is CCC(C)Oc1cc(C)ccc1CNC(=NC)NCc1ccn[nH]1.I. The van der Waals surface area contributed by atoms with Crippen LogP contribution in [-0.2, 0) is 13.1 Å². The number of hydrogen-bond donors (Lipinski definition) is 3. The van der Waals surface area contributed by atoms with Crippen LogP contribution in [0.25, 0.3) is 0 Å². The molecule has 0 radical (unpaired) electrons. The maximum absolute atomic E-state index is 6.05. The molecule has 3 N–H and O–H groups in total. The number of aryl methyl sites for hydroxylation is 1. The minimum atomic E-state index is 0. The summed E-state index contributed by atoms with van der Waals surface area (Å²) in [6.45, 7) is 7.58. The van der Waals surface area contributed by atoms with Gasteiger partial charge in [0.25, 0.3) is 0 Å². The zero-order valence-corrected chi connectivity index (χ0v) is 17.6. The molecule has 1 heterocycles. The normalized spacial score (nSPS) is 12.2. The van der Waals surface area contributed by atoms with Crippen molar-refractivity contribution in [1.29, 1.82) is 0 Å². The van der Waals surface area contributed by atoms with Crippen LogP contribution in [0, 0.1) is 6.92 Å².